The van der Waals surface area contributed by atoms with Gasteiger partial charge in [-0.05, 0) is 11.8 Å². The summed E-state index contributed by atoms with van der Waals surface area (Å²) in [6.07, 6.45) is -0.942. The van der Waals surface area contributed by atoms with E-state index in [4.69, 9.17) is 0 Å². The molecule has 17 heavy (non-hydrogen) atoms. The molecule has 0 unspecified atom stereocenters. The number of halogens is 4. The summed E-state index contributed by atoms with van der Waals surface area (Å²) in [5.41, 5.74) is -6.59. The van der Waals surface area contributed by atoms with Gasteiger partial charge in [-0.25, -0.2) is 12.8 Å². The molecule has 1 aliphatic carbocycles. The Labute approximate surface area is 95.4 Å². The number of ketones is 1. The van der Waals surface area contributed by atoms with Crippen molar-refractivity contribution in [1.82, 2.24) is 0 Å². The molecule has 0 radical (unpaired) electrons. The Balaban J connectivity index is 3.40. The highest BCUT2D eigenvalue weighted by Crippen LogP contribution is 2.43. The average molecular weight is 274 g/mol. The minimum absolute atomic E-state index is 0.310. The molecule has 0 spiro atoms. The van der Waals surface area contributed by atoms with Gasteiger partial charge in [0.25, 0.3) is 9.84 Å². The Bertz CT molecular complexity index is 485. The fraction of sp³-hybridized carbons (Fsp3) is 0.667. The molecule has 1 aliphatic rings. The number of rotatable bonds is 1. The number of carbonyl (C=O) groups excluding carboxylic acids is 1. The van der Waals surface area contributed by atoms with Crippen LogP contribution in [0.15, 0.2) is 10.7 Å². The molecule has 0 fully saturated rings. The van der Waals surface area contributed by atoms with E-state index in [1.54, 1.807) is 0 Å². The zero-order valence-electron chi connectivity index (χ0n) is 9.06. The molecule has 0 saturated heterocycles. The van der Waals surface area contributed by atoms with Crippen molar-refractivity contribution in [3.8, 4) is 0 Å². The molecule has 1 rings (SSSR count). The predicted molar refractivity (Wildman–Crippen MR) is 51.1 cm³/mol. The van der Waals surface area contributed by atoms with Crippen LogP contribution in [-0.2, 0) is 14.6 Å². The highest BCUT2D eigenvalue weighted by molar-refractivity contribution is 7.96. The first-order chi connectivity index (χ1) is 7.38. The van der Waals surface area contributed by atoms with Crippen molar-refractivity contribution < 1.29 is 30.8 Å². The van der Waals surface area contributed by atoms with Crippen LogP contribution in [0.3, 0.4) is 0 Å². The van der Waals surface area contributed by atoms with Gasteiger partial charge < -0.3 is 0 Å². The first-order valence-corrected chi connectivity index (χ1v) is 6.10. The molecule has 0 aliphatic heterocycles. The maximum absolute atomic E-state index is 13.3. The lowest BCUT2D eigenvalue weighted by Crippen LogP contribution is -2.33. The van der Waals surface area contributed by atoms with Gasteiger partial charge in [0, 0.05) is 6.42 Å². The molecule has 98 valence electrons. The number of carbonyl (C=O) groups is 1. The van der Waals surface area contributed by atoms with E-state index in [2.05, 4.69) is 0 Å². The van der Waals surface area contributed by atoms with Crippen molar-refractivity contribution >= 4 is 15.6 Å². The lowest BCUT2D eigenvalue weighted by Gasteiger charge is -2.29. The summed E-state index contributed by atoms with van der Waals surface area (Å²) >= 11 is 0. The number of allylic oxidation sites excluding steroid dienone is 2. The number of hydrogen-bond acceptors (Lipinski definition) is 3. The second-order valence-corrected chi connectivity index (χ2v) is 6.59. The number of sulfone groups is 1. The Morgan fingerprint density at radius 3 is 2.06 bits per heavy atom. The highest BCUT2D eigenvalue weighted by Gasteiger charge is 2.52. The van der Waals surface area contributed by atoms with Crippen LogP contribution in [-0.4, -0.2) is 19.7 Å². The maximum Gasteiger partial charge on any atom is 0.501 e. The molecule has 0 aromatic carbocycles. The van der Waals surface area contributed by atoms with Crippen molar-refractivity contribution in [3.63, 3.8) is 0 Å². The molecule has 0 aromatic rings. The zero-order chi connectivity index (χ0) is 13.6. The van der Waals surface area contributed by atoms with E-state index >= 15 is 0 Å². The third-order valence-electron chi connectivity index (χ3n) is 2.40. The van der Waals surface area contributed by atoms with Crippen molar-refractivity contribution in [2.75, 3.05) is 0 Å². The Hall–Kier alpha value is -0.920. The van der Waals surface area contributed by atoms with E-state index < -0.39 is 43.7 Å². The van der Waals surface area contributed by atoms with Crippen molar-refractivity contribution in [2.45, 2.75) is 32.2 Å². The van der Waals surface area contributed by atoms with Crippen LogP contribution in [0.4, 0.5) is 17.6 Å². The molecule has 0 saturated carbocycles. The lowest BCUT2D eigenvalue weighted by atomic mass is 9.80. The van der Waals surface area contributed by atoms with Crippen molar-refractivity contribution in [1.29, 1.82) is 0 Å². The summed E-state index contributed by atoms with van der Waals surface area (Å²) in [5.74, 6) is -2.99. The van der Waals surface area contributed by atoms with Gasteiger partial charge in [0.1, 0.15) is 0 Å². The fourth-order valence-electron chi connectivity index (χ4n) is 1.60. The number of hydrogen-bond donors (Lipinski definition) is 0. The molecule has 0 N–H and O–H groups in total. The summed E-state index contributed by atoms with van der Waals surface area (Å²) in [7, 11) is -5.77. The minimum atomic E-state index is -5.77. The van der Waals surface area contributed by atoms with Gasteiger partial charge >= 0.3 is 5.51 Å². The first-order valence-electron chi connectivity index (χ1n) is 4.62. The van der Waals surface area contributed by atoms with E-state index in [9.17, 15) is 30.8 Å². The molecular formula is C9H10F4O3S. The van der Waals surface area contributed by atoms with Gasteiger partial charge in [-0.2, -0.15) is 13.2 Å². The Morgan fingerprint density at radius 2 is 1.65 bits per heavy atom. The number of Topliss-reactive ketones (excluding diaryl/α,β-unsaturated/α-hetero) is 1. The third kappa shape index (κ3) is 2.51. The largest absolute Gasteiger partial charge is 0.501 e. The van der Waals surface area contributed by atoms with Crippen LogP contribution >= 0.6 is 0 Å². The normalized spacial score (nSPS) is 21.9. The second kappa shape index (κ2) is 3.79. The van der Waals surface area contributed by atoms with Crippen LogP contribution in [0.1, 0.15) is 26.7 Å². The van der Waals surface area contributed by atoms with E-state index in [1.165, 1.54) is 13.8 Å². The summed E-state index contributed by atoms with van der Waals surface area (Å²) in [6, 6.07) is 0. The molecular weight excluding hydrogens is 264 g/mol. The van der Waals surface area contributed by atoms with Gasteiger partial charge in [0.05, 0.1) is 4.91 Å². The topological polar surface area (TPSA) is 51.2 Å². The van der Waals surface area contributed by atoms with Crippen molar-refractivity contribution in [3.05, 3.63) is 10.7 Å². The van der Waals surface area contributed by atoms with Crippen LogP contribution in [0, 0.1) is 5.41 Å². The smallest absolute Gasteiger partial charge is 0.292 e. The lowest BCUT2D eigenvalue weighted by molar-refractivity contribution is -0.119. The summed E-state index contributed by atoms with van der Waals surface area (Å²) in [6.45, 7) is 2.81. The molecule has 0 aromatic heterocycles. The summed E-state index contributed by atoms with van der Waals surface area (Å²) in [4.78, 5) is 9.68. The third-order valence-corrected chi connectivity index (χ3v) is 3.98. The van der Waals surface area contributed by atoms with Crippen LogP contribution in [0.2, 0.25) is 0 Å². The monoisotopic (exact) mass is 274 g/mol. The van der Waals surface area contributed by atoms with Gasteiger partial charge in [-0.1, -0.05) is 13.8 Å². The quantitative estimate of drug-likeness (QED) is 0.690. The van der Waals surface area contributed by atoms with E-state index in [1.807, 2.05) is 0 Å². The van der Waals surface area contributed by atoms with Gasteiger partial charge in [0.15, 0.2) is 11.6 Å². The van der Waals surface area contributed by atoms with E-state index in [0.717, 1.165) is 0 Å². The van der Waals surface area contributed by atoms with Gasteiger partial charge in [-0.3, -0.25) is 4.79 Å². The minimum Gasteiger partial charge on any atom is -0.292 e. The Kier molecular flexibility index (Phi) is 3.15. The highest BCUT2D eigenvalue weighted by atomic mass is 32.2. The Morgan fingerprint density at radius 1 is 1.18 bits per heavy atom. The SMILES string of the molecule is CC1(C)CC(=O)C(F)=C(S(=O)(=O)C(F)(F)F)C1. The second-order valence-electron chi connectivity index (χ2n) is 4.63. The van der Waals surface area contributed by atoms with Crippen LogP contribution in [0.25, 0.3) is 0 Å². The molecule has 8 heteroatoms. The molecule has 3 nitrogen and oxygen atoms in total. The van der Waals surface area contributed by atoms with Crippen molar-refractivity contribution in [2.24, 2.45) is 5.41 Å². The van der Waals surface area contributed by atoms with Gasteiger partial charge in [-0.15, -0.1) is 0 Å². The first kappa shape index (κ1) is 14.1. The number of alkyl halides is 3. The maximum atomic E-state index is 13.3. The molecule has 0 amide bonds. The molecule has 0 bridgehead atoms. The van der Waals surface area contributed by atoms with E-state index in [-0.39, 0.29) is 6.42 Å². The summed E-state index contributed by atoms with van der Waals surface area (Å²) in [5, 5.41) is 0. The fourth-order valence-corrected chi connectivity index (χ4v) is 2.81. The van der Waals surface area contributed by atoms with Crippen LogP contribution in [0.5, 0.6) is 0 Å². The predicted octanol–water partition coefficient (Wildman–Crippen LogP) is 2.49. The molecule has 0 atom stereocenters. The summed E-state index contributed by atoms with van der Waals surface area (Å²) < 4.78 is 72.2. The zero-order valence-corrected chi connectivity index (χ0v) is 9.88. The van der Waals surface area contributed by atoms with Crippen LogP contribution < -0.4 is 0 Å². The standard InChI is InChI=1S/C9H10F4O3S/c1-8(2)3-5(14)7(10)6(4-8)17(15,16)9(11,12)13/h3-4H2,1-2H3. The van der Waals surface area contributed by atoms with Gasteiger partial charge in [0.2, 0.25) is 0 Å². The van der Waals surface area contributed by atoms with E-state index in [0.29, 0.717) is 0 Å². The molecule has 0 heterocycles. The average Bonchev–Trinajstić information content (AvgIpc) is 2.08.